The first-order chi connectivity index (χ1) is 15.7. The number of anilines is 1. The van der Waals surface area contributed by atoms with E-state index < -0.39 is 16.0 Å². The van der Waals surface area contributed by atoms with Gasteiger partial charge < -0.3 is 23.5 Å². The molecule has 0 atom stereocenters. The molecule has 4 rings (SSSR count). The Kier molecular flexibility index (Phi) is 6.05. The molecular formula is C23H25N2O7S+. The molecule has 0 bridgehead atoms. The van der Waals surface area contributed by atoms with Crippen LogP contribution in [0.5, 0.6) is 17.2 Å². The van der Waals surface area contributed by atoms with Gasteiger partial charge in [-0.3, -0.25) is 4.55 Å². The number of methoxy groups -OCH3 is 2. The lowest BCUT2D eigenvalue weighted by Gasteiger charge is -2.16. The fraction of sp³-hybridized carbons (Fsp3) is 0.261. The highest BCUT2D eigenvalue weighted by Gasteiger charge is 2.28. The minimum Gasteiger partial charge on any atom is -0.497 e. The lowest BCUT2D eigenvalue weighted by atomic mass is 10.2. The first kappa shape index (κ1) is 22.7. The van der Waals surface area contributed by atoms with Crippen molar-refractivity contribution in [2.75, 3.05) is 25.7 Å². The Morgan fingerprint density at radius 3 is 2.52 bits per heavy atom. The second-order valence-corrected chi connectivity index (χ2v) is 8.89. The molecule has 10 heteroatoms. The predicted molar refractivity (Wildman–Crippen MR) is 123 cm³/mol. The molecule has 2 aromatic carbocycles. The maximum atomic E-state index is 11.7. The van der Waals surface area contributed by atoms with Gasteiger partial charge in [-0.2, -0.15) is 8.42 Å². The third kappa shape index (κ3) is 4.67. The Hall–Kier alpha value is -3.50. The summed E-state index contributed by atoms with van der Waals surface area (Å²) in [6, 6.07) is 10.6. The fourth-order valence-corrected chi connectivity index (χ4v) is 4.28. The van der Waals surface area contributed by atoms with Gasteiger partial charge in [-0.25, -0.2) is 0 Å². The number of hydrogen-bond donors (Lipinski definition) is 1. The highest BCUT2D eigenvalue weighted by Crippen LogP contribution is 2.41. The summed E-state index contributed by atoms with van der Waals surface area (Å²) in [5.41, 5.74) is 2.58. The maximum Gasteiger partial charge on any atom is 0.375 e. The van der Waals surface area contributed by atoms with Crippen LogP contribution >= 0.6 is 0 Å². The SMILES string of the molecule is CCN1C(=CC(C)=Cc2oc3ccc(OC)cc3[n+]2CS(=O)(=O)O)Oc2ccc(OC)cc21. The average Bonchev–Trinajstić information content (AvgIpc) is 3.28. The van der Waals surface area contributed by atoms with Crippen molar-refractivity contribution in [2.24, 2.45) is 0 Å². The van der Waals surface area contributed by atoms with E-state index in [9.17, 15) is 13.0 Å². The molecule has 0 amide bonds. The van der Waals surface area contributed by atoms with Crippen molar-refractivity contribution in [3.05, 3.63) is 59.8 Å². The number of nitrogens with zero attached hydrogens (tertiary/aromatic N) is 2. The quantitative estimate of drug-likeness (QED) is 0.409. The number of aromatic nitrogens is 1. The van der Waals surface area contributed by atoms with E-state index in [2.05, 4.69) is 0 Å². The van der Waals surface area contributed by atoms with E-state index >= 15 is 0 Å². The van der Waals surface area contributed by atoms with Crippen LogP contribution in [0, 0.1) is 0 Å². The van der Waals surface area contributed by atoms with Gasteiger partial charge in [0.05, 0.1) is 32.0 Å². The first-order valence-electron chi connectivity index (χ1n) is 10.2. The van der Waals surface area contributed by atoms with Crippen molar-refractivity contribution >= 4 is 33.0 Å². The zero-order valence-corrected chi connectivity index (χ0v) is 19.5. The fourth-order valence-electron chi connectivity index (χ4n) is 3.68. The molecule has 1 aromatic heterocycles. The van der Waals surface area contributed by atoms with E-state index in [0.717, 1.165) is 17.0 Å². The van der Waals surface area contributed by atoms with E-state index in [-0.39, 0.29) is 5.89 Å². The Morgan fingerprint density at radius 2 is 1.85 bits per heavy atom. The summed E-state index contributed by atoms with van der Waals surface area (Å²) in [7, 11) is -1.19. The van der Waals surface area contributed by atoms with Crippen molar-refractivity contribution in [1.82, 2.24) is 0 Å². The summed E-state index contributed by atoms with van der Waals surface area (Å²) >= 11 is 0. The number of hydrogen-bond acceptors (Lipinski definition) is 7. The summed E-state index contributed by atoms with van der Waals surface area (Å²) in [5.74, 6) is 2.19. The first-order valence-corrected chi connectivity index (χ1v) is 11.8. The number of ether oxygens (including phenoxy) is 3. The standard InChI is InChI=1S/C23H24N2O7S/c1-5-24-18-12-16(29-3)6-8-20(18)31-22(24)10-15(2)11-23-25(14-33(26,27)28)19-13-17(30-4)7-9-21(19)32-23/h6-13H,5,14H2,1-4H3/p+1. The average molecular weight is 474 g/mol. The monoisotopic (exact) mass is 473 g/mol. The second kappa shape index (κ2) is 8.80. The molecule has 174 valence electrons. The third-order valence-corrected chi connectivity index (χ3v) is 5.77. The van der Waals surface area contributed by atoms with Gasteiger partial charge >= 0.3 is 16.0 Å². The Morgan fingerprint density at radius 1 is 1.15 bits per heavy atom. The molecule has 1 aliphatic heterocycles. The molecule has 0 unspecified atom stereocenters. The van der Waals surface area contributed by atoms with Crippen molar-refractivity contribution in [2.45, 2.75) is 19.7 Å². The molecule has 3 aromatic rings. The molecule has 0 spiro atoms. The number of fused-ring (bicyclic) bond motifs is 2. The van der Waals surface area contributed by atoms with Gasteiger partial charge in [0.2, 0.25) is 11.5 Å². The molecule has 0 fully saturated rings. The summed E-state index contributed by atoms with van der Waals surface area (Å²) in [6.45, 7) is 4.53. The second-order valence-electron chi connectivity index (χ2n) is 7.46. The minimum atomic E-state index is -4.32. The minimum absolute atomic E-state index is 0.255. The predicted octanol–water partition coefficient (Wildman–Crippen LogP) is 3.75. The summed E-state index contributed by atoms with van der Waals surface area (Å²) in [4.78, 5) is 2.00. The molecule has 0 saturated heterocycles. The summed E-state index contributed by atoms with van der Waals surface area (Å²) in [6.07, 6.45) is 3.52. The van der Waals surface area contributed by atoms with Gasteiger partial charge in [-0.1, -0.05) is 0 Å². The van der Waals surface area contributed by atoms with Gasteiger partial charge in [0.1, 0.15) is 11.5 Å². The molecular weight excluding hydrogens is 448 g/mol. The van der Waals surface area contributed by atoms with Crippen LogP contribution in [0.1, 0.15) is 19.7 Å². The van der Waals surface area contributed by atoms with Crippen LogP contribution in [0.25, 0.3) is 17.2 Å². The zero-order valence-electron chi connectivity index (χ0n) is 18.7. The van der Waals surface area contributed by atoms with Crippen LogP contribution in [0.4, 0.5) is 5.69 Å². The van der Waals surface area contributed by atoms with Crippen LogP contribution in [-0.4, -0.2) is 33.7 Å². The van der Waals surface area contributed by atoms with E-state index in [1.807, 2.05) is 43.0 Å². The van der Waals surface area contributed by atoms with Crippen LogP contribution in [0.3, 0.4) is 0 Å². The van der Waals surface area contributed by atoms with Gasteiger partial charge in [0.15, 0.2) is 5.75 Å². The van der Waals surface area contributed by atoms with Gasteiger partial charge in [0.25, 0.3) is 11.4 Å². The number of allylic oxidation sites excluding steroid dienone is 2. The van der Waals surface area contributed by atoms with Gasteiger partial charge in [-0.15, -0.1) is 4.57 Å². The number of benzene rings is 2. The van der Waals surface area contributed by atoms with E-state index in [1.54, 1.807) is 31.4 Å². The number of rotatable bonds is 7. The van der Waals surface area contributed by atoms with Crippen LogP contribution < -0.4 is 23.7 Å². The molecule has 2 heterocycles. The Bertz CT molecular complexity index is 1370. The highest BCUT2D eigenvalue weighted by atomic mass is 32.2. The normalized spacial score (nSPS) is 15.1. The summed E-state index contributed by atoms with van der Waals surface area (Å²) < 4.78 is 56.6. The van der Waals surface area contributed by atoms with E-state index in [1.165, 1.54) is 11.7 Å². The lowest BCUT2D eigenvalue weighted by Crippen LogP contribution is -2.39. The third-order valence-electron chi connectivity index (χ3n) is 5.19. The summed E-state index contributed by atoms with van der Waals surface area (Å²) in [5, 5.41) is 0. The van der Waals surface area contributed by atoms with Crippen molar-refractivity contribution < 1.29 is 36.2 Å². The molecule has 33 heavy (non-hydrogen) atoms. The van der Waals surface area contributed by atoms with Crippen LogP contribution in [0.15, 0.2) is 58.3 Å². The molecule has 1 aliphatic rings. The zero-order chi connectivity index (χ0) is 23.8. The molecule has 0 radical (unpaired) electrons. The van der Waals surface area contributed by atoms with Crippen molar-refractivity contribution in [3.63, 3.8) is 0 Å². The largest absolute Gasteiger partial charge is 0.497 e. The molecule has 0 saturated carbocycles. The Balaban J connectivity index is 1.75. The smallest absolute Gasteiger partial charge is 0.375 e. The van der Waals surface area contributed by atoms with Crippen LogP contribution in [-0.2, 0) is 16.0 Å². The lowest BCUT2D eigenvalue weighted by molar-refractivity contribution is -0.658. The van der Waals surface area contributed by atoms with Gasteiger partial charge in [0, 0.05) is 18.7 Å². The molecule has 9 nitrogen and oxygen atoms in total. The highest BCUT2D eigenvalue weighted by molar-refractivity contribution is 7.84. The van der Waals surface area contributed by atoms with Crippen molar-refractivity contribution in [1.29, 1.82) is 0 Å². The van der Waals surface area contributed by atoms with Crippen LogP contribution in [0.2, 0.25) is 0 Å². The van der Waals surface area contributed by atoms with Gasteiger partial charge in [-0.05, 0) is 43.7 Å². The molecule has 0 aliphatic carbocycles. The number of oxazole rings is 1. The maximum absolute atomic E-state index is 11.7. The van der Waals surface area contributed by atoms with Crippen molar-refractivity contribution in [3.8, 4) is 17.2 Å². The topological polar surface area (TPSA) is 102 Å². The van der Waals surface area contributed by atoms with E-state index in [0.29, 0.717) is 35.0 Å². The Labute approximate surface area is 191 Å². The van der Waals surface area contributed by atoms with E-state index in [4.69, 9.17) is 18.6 Å². The molecule has 1 N–H and O–H groups in total.